The molecule has 1 rings (SSSR count). The number of guanidine groups is 1. The van der Waals surface area contributed by atoms with E-state index in [-0.39, 0.29) is 5.82 Å². The molecule has 1 aromatic rings. The van der Waals surface area contributed by atoms with Crippen molar-refractivity contribution in [2.75, 3.05) is 44.0 Å². The lowest BCUT2D eigenvalue weighted by Crippen LogP contribution is -2.40. The molecule has 136 valence electrons. The topological polar surface area (TPSA) is 61.3 Å². The van der Waals surface area contributed by atoms with Gasteiger partial charge in [-0.2, -0.15) is 24.9 Å². The van der Waals surface area contributed by atoms with E-state index in [9.17, 15) is 13.2 Å². The van der Waals surface area contributed by atoms with Crippen LogP contribution < -0.4 is 16.0 Å². The summed E-state index contributed by atoms with van der Waals surface area (Å²) in [6.07, 6.45) is 1.17. The van der Waals surface area contributed by atoms with Gasteiger partial charge in [-0.3, -0.25) is 4.99 Å². The van der Waals surface area contributed by atoms with E-state index in [1.165, 1.54) is 12.3 Å². The highest BCUT2D eigenvalue weighted by Gasteiger charge is 2.33. The molecule has 1 aromatic heterocycles. The normalized spacial score (nSPS) is 12.1. The Morgan fingerprint density at radius 2 is 1.96 bits per heavy atom. The molecule has 5 nitrogen and oxygen atoms in total. The predicted octanol–water partition coefficient (Wildman–Crippen LogP) is 2.82. The summed E-state index contributed by atoms with van der Waals surface area (Å²) in [5.74, 6) is 1.60. The van der Waals surface area contributed by atoms with Crippen LogP contribution in [0.3, 0.4) is 0 Å². The lowest BCUT2D eigenvalue weighted by Gasteiger charge is -2.15. The van der Waals surface area contributed by atoms with Gasteiger partial charge in [0.1, 0.15) is 5.82 Å². The molecule has 0 aliphatic heterocycles. The van der Waals surface area contributed by atoms with Crippen molar-refractivity contribution in [1.82, 2.24) is 15.6 Å². The molecule has 0 saturated heterocycles. The van der Waals surface area contributed by atoms with E-state index in [1.807, 2.05) is 11.8 Å². The lowest BCUT2D eigenvalue weighted by atomic mass is 10.2. The third-order valence-corrected chi connectivity index (χ3v) is 3.81. The van der Waals surface area contributed by atoms with Crippen molar-refractivity contribution in [2.24, 2.45) is 4.99 Å². The third kappa shape index (κ3) is 7.76. The molecule has 1 heterocycles. The molecule has 0 spiro atoms. The number of halogens is 3. The zero-order valence-corrected chi connectivity index (χ0v) is 14.7. The summed E-state index contributed by atoms with van der Waals surface area (Å²) in [6.45, 7) is 1.54. The standard InChI is InChI=1S/C15H24F3N5S/c1-19-14(22-7-3-4-11-24-2)23-10-9-21-13-12(15(16,17)18)6-5-8-20-13/h5-6,8H,3-4,7,9-11H2,1-2H3,(H,20,21)(H2,19,22,23). The van der Waals surface area contributed by atoms with Crippen molar-refractivity contribution in [3.8, 4) is 0 Å². The number of aliphatic imine (C=N–C) groups is 1. The van der Waals surface area contributed by atoms with Crippen molar-refractivity contribution in [3.63, 3.8) is 0 Å². The zero-order valence-electron chi connectivity index (χ0n) is 13.9. The first kappa shape index (κ1) is 20.4. The third-order valence-electron chi connectivity index (χ3n) is 3.11. The van der Waals surface area contributed by atoms with Gasteiger partial charge in [0.05, 0.1) is 5.56 Å². The number of thioether (sulfide) groups is 1. The molecule has 0 aromatic carbocycles. The van der Waals surface area contributed by atoms with Gasteiger partial charge in [0.15, 0.2) is 5.96 Å². The molecule has 0 amide bonds. The number of rotatable bonds is 9. The number of aromatic nitrogens is 1. The van der Waals surface area contributed by atoms with Crippen LogP contribution in [0, 0.1) is 0 Å². The Morgan fingerprint density at radius 3 is 2.62 bits per heavy atom. The minimum atomic E-state index is -4.42. The molecule has 0 saturated carbocycles. The van der Waals surface area contributed by atoms with E-state index in [0.717, 1.165) is 31.2 Å². The van der Waals surface area contributed by atoms with Crippen molar-refractivity contribution in [3.05, 3.63) is 23.9 Å². The second kappa shape index (κ2) is 11.0. The SMILES string of the molecule is CN=C(NCCCCSC)NCCNc1ncccc1C(F)(F)F. The largest absolute Gasteiger partial charge is 0.419 e. The van der Waals surface area contributed by atoms with Gasteiger partial charge in [-0.1, -0.05) is 0 Å². The number of nitrogens with zero attached hydrogens (tertiary/aromatic N) is 2. The summed E-state index contributed by atoms with van der Waals surface area (Å²) >= 11 is 1.82. The van der Waals surface area contributed by atoms with E-state index in [1.54, 1.807) is 7.05 Å². The Morgan fingerprint density at radius 1 is 1.21 bits per heavy atom. The number of hydrogen-bond acceptors (Lipinski definition) is 4. The van der Waals surface area contributed by atoms with Crippen LogP contribution in [0.4, 0.5) is 19.0 Å². The second-order valence-corrected chi connectivity index (χ2v) is 5.94. The van der Waals surface area contributed by atoms with E-state index >= 15 is 0 Å². The number of pyridine rings is 1. The lowest BCUT2D eigenvalue weighted by molar-refractivity contribution is -0.137. The van der Waals surface area contributed by atoms with E-state index < -0.39 is 11.7 Å². The fraction of sp³-hybridized carbons (Fsp3) is 0.600. The zero-order chi connectivity index (χ0) is 17.8. The Hall–Kier alpha value is -1.64. The van der Waals surface area contributed by atoms with Crippen molar-refractivity contribution in [2.45, 2.75) is 19.0 Å². The first-order valence-electron chi connectivity index (χ1n) is 7.68. The summed E-state index contributed by atoms with van der Waals surface area (Å²) in [6, 6.07) is 2.28. The van der Waals surface area contributed by atoms with Crippen LogP contribution in [0.5, 0.6) is 0 Å². The highest BCUT2D eigenvalue weighted by Crippen LogP contribution is 2.33. The Labute approximate surface area is 144 Å². The minimum absolute atomic E-state index is 0.160. The highest BCUT2D eigenvalue weighted by atomic mass is 32.2. The smallest absolute Gasteiger partial charge is 0.368 e. The summed E-state index contributed by atoms with van der Waals surface area (Å²) in [4.78, 5) is 7.83. The monoisotopic (exact) mass is 363 g/mol. The number of hydrogen-bond donors (Lipinski definition) is 3. The van der Waals surface area contributed by atoms with E-state index in [4.69, 9.17) is 0 Å². The van der Waals surface area contributed by atoms with Crippen molar-refractivity contribution in [1.29, 1.82) is 0 Å². The van der Waals surface area contributed by atoms with Crippen LogP contribution in [-0.2, 0) is 6.18 Å². The van der Waals surface area contributed by atoms with Crippen LogP contribution in [0.1, 0.15) is 18.4 Å². The molecule has 0 bridgehead atoms. The minimum Gasteiger partial charge on any atom is -0.368 e. The molecule has 24 heavy (non-hydrogen) atoms. The Bertz CT molecular complexity index is 508. The summed E-state index contributed by atoms with van der Waals surface area (Å²) in [5, 5.41) is 8.92. The summed E-state index contributed by atoms with van der Waals surface area (Å²) in [7, 11) is 1.66. The predicted molar refractivity (Wildman–Crippen MR) is 94.7 cm³/mol. The van der Waals surface area contributed by atoms with Crippen molar-refractivity contribution < 1.29 is 13.2 Å². The van der Waals surface area contributed by atoms with Gasteiger partial charge in [0.2, 0.25) is 0 Å². The quantitative estimate of drug-likeness (QED) is 0.358. The van der Waals surface area contributed by atoms with E-state index in [0.29, 0.717) is 19.0 Å². The van der Waals surface area contributed by atoms with Gasteiger partial charge in [-0.15, -0.1) is 0 Å². The fourth-order valence-corrected chi connectivity index (χ4v) is 2.43. The Balaban J connectivity index is 2.32. The van der Waals surface area contributed by atoms with Gasteiger partial charge in [0.25, 0.3) is 0 Å². The number of unbranched alkanes of at least 4 members (excludes halogenated alkanes) is 1. The van der Waals surface area contributed by atoms with E-state index in [2.05, 4.69) is 32.2 Å². The molecule has 0 fully saturated rings. The van der Waals surface area contributed by atoms with Crippen LogP contribution in [0.15, 0.2) is 23.3 Å². The first-order valence-corrected chi connectivity index (χ1v) is 9.08. The second-order valence-electron chi connectivity index (χ2n) is 4.95. The van der Waals surface area contributed by atoms with Crippen LogP contribution in [0.2, 0.25) is 0 Å². The maximum atomic E-state index is 12.8. The first-order chi connectivity index (χ1) is 11.5. The van der Waals surface area contributed by atoms with Crippen LogP contribution in [-0.4, -0.2) is 49.6 Å². The molecule has 3 N–H and O–H groups in total. The highest BCUT2D eigenvalue weighted by molar-refractivity contribution is 7.98. The molecule has 0 atom stereocenters. The molecular formula is C15H24F3N5S. The number of anilines is 1. The Kier molecular flexibility index (Phi) is 9.36. The summed E-state index contributed by atoms with van der Waals surface area (Å²) < 4.78 is 38.5. The maximum Gasteiger partial charge on any atom is 0.419 e. The fourth-order valence-electron chi connectivity index (χ4n) is 1.94. The molecule has 0 radical (unpaired) electrons. The molecule has 0 aliphatic carbocycles. The average molecular weight is 363 g/mol. The van der Waals surface area contributed by atoms with Gasteiger partial charge >= 0.3 is 6.18 Å². The van der Waals surface area contributed by atoms with Crippen LogP contribution in [0.25, 0.3) is 0 Å². The molecule has 0 unspecified atom stereocenters. The van der Waals surface area contributed by atoms with Gasteiger partial charge < -0.3 is 16.0 Å². The summed E-state index contributed by atoms with van der Waals surface area (Å²) in [5.41, 5.74) is -0.763. The molecule has 9 heteroatoms. The van der Waals surface area contributed by atoms with Gasteiger partial charge in [-0.05, 0) is 37.0 Å². The maximum absolute atomic E-state index is 12.8. The number of nitrogens with one attached hydrogen (secondary N) is 3. The average Bonchev–Trinajstić information content (AvgIpc) is 2.56. The number of alkyl halides is 3. The molecule has 0 aliphatic rings. The van der Waals surface area contributed by atoms with Crippen molar-refractivity contribution >= 4 is 23.5 Å². The van der Waals surface area contributed by atoms with Gasteiger partial charge in [-0.25, -0.2) is 4.98 Å². The van der Waals surface area contributed by atoms with Crippen LogP contribution >= 0.6 is 11.8 Å². The van der Waals surface area contributed by atoms with Gasteiger partial charge in [0, 0.05) is 32.9 Å². The molecular weight excluding hydrogens is 339 g/mol.